The minimum Gasteiger partial charge on any atom is -0.445 e. The van der Waals surface area contributed by atoms with E-state index in [1.54, 1.807) is 27.7 Å². The van der Waals surface area contributed by atoms with E-state index in [1.807, 2.05) is 62.4 Å². The quantitative estimate of drug-likeness (QED) is 0.231. The number of alkyl carbamates (subject to hydrolysis) is 2. The molecule has 2 aromatic rings. The Morgan fingerprint density at radius 1 is 0.850 bits per heavy atom. The molecule has 2 rings (SSSR count). The molecule has 0 aliphatic rings. The van der Waals surface area contributed by atoms with E-state index < -0.39 is 50.4 Å². The van der Waals surface area contributed by atoms with E-state index in [2.05, 4.69) is 28.3 Å². The van der Waals surface area contributed by atoms with Crippen LogP contribution in [0.3, 0.4) is 0 Å². The van der Waals surface area contributed by atoms with Gasteiger partial charge in [0.25, 0.3) is 0 Å². The summed E-state index contributed by atoms with van der Waals surface area (Å²) in [6, 6.07) is 15.0. The van der Waals surface area contributed by atoms with Crippen LogP contribution in [0.15, 0.2) is 61.7 Å². The maximum atomic E-state index is 12.8. The van der Waals surface area contributed by atoms with Crippen LogP contribution in [0, 0.1) is 0 Å². The van der Waals surface area contributed by atoms with Crippen LogP contribution >= 0.6 is 7.82 Å². The van der Waals surface area contributed by atoms with Crippen molar-refractivity contribution < 1.29 is 37.9 Å². The average Bonchev–Trinajstić information content (AvgIpc) is 2.84. The zero-order valence-electron chi connectivity index (χ0n) is 23.8. The van der Waals surface area contributed by atoms with E-state index in [-0.39, 0.29) is 0 Å². The maximum Gasteiger partial charge on any atom is 0.469 e. The highest BCUT2D eigenvalue weighted by Crippen LogP contribution is 2.36. The number of amides is 2. The van der Waals surface area contributed by atoms with Crippen molar-refractivity contribution in [3.05, 3.63) is 83.9 Å². The van der Waals surface area contributed by atoms with Gasteiger partial charge in [0.2, 0.25) is 0 Å². The number of carbonyl (C=O) groups excluding carboxylic acids is 2. The fourth-order valence-corrected chi connectivity index (χ4v) is 4.04. The second-order valence-electron chi connectivity index (χ2n) is 10.6. The highest BCUT2D eigenvalue weighted by Gasteiger charge is 2.29. The molecule has 4 N–H and O–H groups in total. The molecule has 1 unspecified atom stereocenters. The van der Waals surface area contributed by atoms with Crippen molar-refractivity contribution in [2.45, 2.75) is 58.7 Å². The third-order valence-electron chi connectivity index (χ3n) is 6.09. The van der Waals surface area contributed by atoms with Crippen LogP contribution in [0.5, 0.6) is 0 Å². The molecule has 0 fully saturated rings. The van der Waals surface area contributed by atoms with Crippen LogP contribution in [0.25, 0.3) is 11.1 Å². The molecule has 0 saturated carbocycles. The molecule has 0 radical (unpaired) electrons. The van der Waals surface area contributed by atoms with E-state index in [1.165, 1.54) is 0 Å². The molecule has 10 nitrogen and oxygen atoms in total. The molecule has 0 bridgehead atoms. The Hall–Kier alpha value is -3.43. The van der Waals surface area contributed by atoms with E-state index in [9.17, 15) is 14.2 Å². The van der Waals surface area contributed by atoms with Gasteiger partial charge in [0.15, 0.2) is 6.10 Å². The Bertz CT molecular complexity index is 1300. The predicted molar refractivity (Wildman–Crippen MR) is 154 cm³/mol. The van der Waals surface area contributed by atoms with Crippen LogP contribution in [-0.4, -0.2) is 41.3 Å². The van der Waals surface area contributed by atoms with Crippen molar-refractivity contribution in [2.24, 2.45) is 0 Å². The van der Waals surface area contributed by atoms with Crippen molar-refractivity contribution in [1.82, 2.24) is 10.6 Å². The summed E-state index contributed by atoms with van der Waals surface area (Å²) in [6.07, 6.45) is -3.04. The van der Waals surface area contributed by atoms with Gasteiger partial charge in [-0.15, -0.1) is 0 Å². The first kappa shape index (κ1) is 32.8. The smallest absolute Gasteiger partial charge is 0.445 e. The van der Waals surface area contributed by atoms with E-state index in [0.29, 0.717) is 0 Å². The highest BCUT2D eigenvalue weighted by atomic mass is 31.2. The van der Waals surface area contributed by atoms with Crippen LogP contribution < -0.4 is 10.6 Å². The summed E-state index contributed by atoms with van der Waals surface area (Å²) in [7, 11) is -4.88. The third-order valence-corrected chi connectivity index (χ3v) is 6.57. The fraction of sp³-hybridized carbons (Fsp3) is 0.379. The number of hydrogen-bond acceptors (Lipinski definition) is 6. The first-order chi connectivity index (χ1) is 18.4. The SMILES string of the molecule is C=C(C)c1cccc(C(C)(C)NC(=O)OCC(COP(=O)(O)O)OC(=O)NC(C)(C)c2cccc(C(=C)C)c2)c1. The van der Waals surface area contributed by atoms with Gasteiger partial charge < -0.3 is 29.9 Å². The van der Waals surface area contributed by atoms with Crippen LogP contribution in [0.2, 0.25) is 0 Å². The first-order valence-corrected chi connectivity index (χ1v) is 14.1. The zero-order valence-corrected chi connectivity index (χ0v) is 24.7. The van der Waals surface area contributed by atoms with Gasteiger partial charge in [-0.25, -0.2) is 14.2 Å². The van der Waals surface area contributed by atoms with Crippen molar-refractivity contribution in [3.8, 4) is 0 Å². The van der Waals surface area contributed by atoms with Gasteiger partial charge in [-0.05, 0) is 75.9 Å². The molecule has 0 aliphatic carbocycles. The number of allylic oxidation sites excluding steroid dienone is 2. The number of ether oxygens (including phenoxy) is 2. The number of hydrogen-bond donors (Lipinski definition) is 4. The third kappa shape index (κ3) is 10.3. The molecule has 40 heavy (non-hydrogen) atoms. The number of phosphoric acid groups is 1. The normalized spacial score (nSPS) is 12.7. The summed E-state index contributed by atoms with van der Waals surface area (Å²) in [5.74, 6) is 0. The predicted octanol–water partition coefficient (Wildman–Crippen LogP) is 5.85. The molecular formula is C29H39N2O8P. The van der Waals surface area contributed by atoms with Gasteiger partial charge >= 0.3 is 20.0 Å². The summed E-state index contributed by atoms with van der Waals surface area (Å²) in [4.78, 5) is 43.6. The molecule has 11 heteroatoms. The average molecular weight is 575 g/mol. The summed E-state index contributed by atoms with van der Waals surface area (Å²) >= 11 is 0. The lowest BCUT2D eigenvalue weighted by atomic mass is 9.92. The monoisotopic (exact) mass is 574 g/mol. The van der Waals surface area contributed by atoms with E-state index >= 15 is 0 Å². The number of carbonyl (C=O) groups is 2. The molecule has 2 amide bonds. The molecule has 0 aromatic heterocycles. The van der Waals surface area contributed by atoms with Crippen LogP contribution in [0.1, 0.15) is 63.8 Å². The van der Waals surface area contributed by atoms with Crippen LogP contribution in [-0.2, 0) is 29.6 Å². The van der Waals surface area contributed by atoms with Gasteiger partial charge in [-0.3, -0.25) is 4.52 Å². The Morgan fingerprint density at radius 2 is 1.30 bits per heavy atom. The molecule has 218 valence electrons. The highest BCUT2D eigenvalue weighted by molar-refractivity contribution is 7.46. The molecule has 0 spiro atoms. The van der Waals surface area contributed by atoms with Crippen molar-refractivity contribution >= 4 is 31.2 Å². The molecule has 0 heterocycles. The van der Waals surface area contributed by atoms with Gasteiger partial charge in [-0.2, -0.15) is 0 Å². The maximum absolute atomic E-state index is 12.8. The summed E-state index contributed by atoms with van der Waals surface area (Å²) in [5.41, 5.74) is 3.43. The van der Waals surface area contributed by atoms with Crippen LogP contribution in [0.4, 0.5) is 9.59 Å². The topological polar surface area (TPSA) is 143 Å². The molecule has 1 atom stereocenters. The van der Waals surface area contributed by atoms with Crippen molar-refractivity contribution in [2.75, 3.05) is 13.2 Å². The number of nitrogens with one attached hydrogen (secondary N) is 2. The molecule has 0 aliphatic heterocycles. The summed E-state index contributed by atoms with van der Waals surface area (Å²) in [6.45, 7) is 17.5. The lowest BCUT2D eigenvalue weighted by molar-refractivity contribution is 0.00917. The largest absolute Gasteiger partial charge is 0.469 e. The second-order valence-corrected chi connectivity index (χ2v) is 11.9. The molecular weight excluding hydrogens is 535 g/mol. The fourth-order valence-electron chi connectivity index (χ4n) is 3.68. The lowest BCUT2D eigenvalue weighted by Crippen LogP contribution is -2.45. The number of phosphoric ester groups is 1. The molecule has 2 aromatic carbocycles. The Balaban J connectivity index is 2.08. The standard InChI is InChI=1S/C29H39N2O8P/c1-19(2)21-11-9-13-23(15-21)28(5,6)30-26(32)37-17-25(18-38-40(34,35)36)39-27(33)31-29(7,8)24-14-10-12-22(16-24)20(3)4/h9-16,25H,1,3,17-18H2,2,4-8H3,(H,30,32)(H,31,33)(H2,34,35,36). The zero-order chi connectivity index (χ0) is 30.3. The van der Waals surface area contributed by atoms with Gasteiger partial charge in [0.1, 0.15) is 6.61 Å². The second kappa shape index (κ2) is 13.3. The van der Waals surface area contributed by atoms with Gasteiger partial charge in [0, 0.05) is 0 Å². The van der Waals surface area contributed by atoms with E-state index in [4.69, 9.17) is 19.3 Å². The Kier molecular flexibility index (Phi) is 10.9. The first-order valence-electron chi connectivity index (χ1n) is 12.6. The minimum atomic E-state index is -4.88. The van der Waals surface area contributed by atoms with Gasteiger partial charge in [-0.1, -0.05) is 60.7 Å². The van der Waals surface area contributed by atoms with Gasteiger partial charge in [0.05, 0.1) is 17.7 Å². The minimum absolute atomic E-state index is 0.521. The Labute approximate surface area is 235 Å². The lowest BCUT2D eigenvalue weighted by Gasteiger charge is -2.29. The summed E-state index contributed by atoms with van der Waals surface area (Å²) < 4.78 is 26.4. The number of rotatable bonds is 12. The Morgan fingerprint density at radius 3 is 1.73 bits per heavy atom. The van der Waals surface area contributed by atoms with Crippen molar-refractivity contribution in [3.63, 3.8) is 0 Å². The number of benzene rings is 2. The van der Waals surface area contributed by atoms with Crippen molar-refractivity contribution in [1.29, 1.82) is 0 Å². The molecule has 0 saturated heterocycles. The van der Waals surface area contributed by atoms with E-state index in [0.717, 1.165) is 33.4 Å². The summed E-state index contributed by atoms with van der Waals surface area (Å²) in [5, 5.41) is 5.47.